The molecule has 0 saturated heterocycles. The van der Waals surface area contributed by atoms with E-state index >= 15 is 0 Å². The topological polar surface area (TPSA) is 68.9 Å². The predicted octanol–water partition coefficient (Wildman–Crippen LogP) is 3.56. The summed E-state index contributed by atoms with van der Waals surface area (Å²) in [6, 6.07) is 11.8. The maximum Gasteiger partial charge on any atom is 0.236 e. The van der Waals surface area contributed by atoms with Gasteiger partial charge in [0.05, 0.1) is 11.4 Å². The number of rotatable bonds is 6. The maximum atomic E-state index is 4.60. The molecule has 0 amide bonds. The van der Waals surface area contributed by atoms with Crippen molar-refractivity contribution in [3.05, 3.63) is 60.2 Å². The Labute approximate surface area is 150 Å². The fourth-order valence-electron chi connectivity index (χ4n) is 1.97. The molecule has 0 atom stereocenters. The van der Waals surface area contributed by atoms with Gasteiger partial charge >= 0.3 is 0 Å². The van der Waals surface area contributed by atoms with Gasteiger partial charge in [-0.2, -0.15) is 4.52 Å². The highest BCUT2D eigenvalue weighted by molar-refractivity contribution is 8.00. The minimum Gasteiger partial charge on any atom is -0.260 e. The molecular formula is C15H12N6S3. The summed E-state index contributed by atoms with van der Waals surface area (Å²) in [5.41, 5.74) is 2.05. The van der Waals surface area contributed by atoms with Crippen LogP contribution in [0.3, 0.4) is 0 Å². The van der Waals surface area contributed by atoms with Gasteiger partial charge in [0.15, 0.2) is 4.34 Å². The summed E-state index contributed by atoms with van der Waals surface area (Å²) < 4.78 is 2.77. The third-order valence-corrected chi connectivity index (χ3v) is 6.11. The Morgan fingerprint density at radius 1 is 0.875 bits per heavy atom. The van der Waals surface area contributed by atoms with Crippen molar-refractivity contribution in [1.82, 2.24) is 29.8 Å². The van der Waals surface area contributed by atoms with Gasteiger partial charge in [-0.25, -0.2) is 0 Å². The molecule has 6 nitrogen and oxygen atoms in total. The second kappa shape index (κ2) is 7.29. The first-order valence-corrected chi connectivity index (χ1v) is 9.95. The van der Waals surface area contributed by atoms with Crippen LogP contribution in [-0.4, -0.2) is 29.8 Å². The van der Waals surface area contributed by atoms with Crippen molar-refractivity contribution in [2.45, 2.75) is 21.0 Å². The predicted molar refractivity (Wildman–Crippen MR) is 96.3 cm³/mol. The highest BCUT2D eigenvalue weighted by atomic mass is 32.2. The average molecular weight is 373 g/mol. The van der Waals surface area contributed by atoms with Crippen molar-refractivity contribution >= 4 is 39.8 Å². The highest BCUT2D eigenvalue weighted by Crippen LogP contribution is 2.29. The summed E-state index contributed by atoms with van der Waals surface area (Å²) in [4.78, 5) is 9.45. The van der Waals surface area contributed by atoms with Gasteiger partial charge in [-0.3, -0.25) is 9.97 Å². The lowest BCUT2D eigenvalue weighted by Gasteiger charge is -1.98. The minimum atomic E-state index is 0.746. The van der Waals surface area contributed by atoms with E-state index in [1.54, 1.807) is 51.8 Å². The number of hydrogen-bond donors (Lipinski definition) is 0. The van der Waals surface area contributed by atoms with E-state index in [2.05, 4.69) is 25.3 Å². The molecule has 4 rings (SSSR count). The SMILES string of the molecule is c1ccc(CSc2nn3c(SCc4ccccn4)nnc3s2)nc1. The molecule has 24 heavy (non-hydrogen) atoms. The Morgan fingerprint density at radius 2 is 1.58 bits per heavy atom. The lowest BCUT2D eigenvalue weighted by molar-refractivity contribution is 0.793. The first-order valence-electron chi connectivity index (χ1n) is 7.16. The van der Waals surface area contributed by atoms with Crippen molar-refractivity contribution < 1.29 is 0 Å². The Kier molecular flexibility index (Phi) is 4.72. The maximum absolute atomic E-state index is 4.60. The fraction of sp³-hybridized carbons (Fsp3) is 0.133. The summed E-state index contributed by atoms with van der Waals surface area (Å²) in [6.45, 7) is 0. The molecule has 0 aliphatic rings. The summed E-state index contributed by atoms with van der Waals surface area (Å²) in [6.07, 6.45) is 3.60. The summed E-state index contributed by atoms with van der Waals surface area (Å²) in [7, 11) is 0. The third kappa shape index (κ3) is 3.58. The molecule has 0 radical (unpaired) electrons. The quantitative estimate of drug-likeness (QED) is 0.479. The molecule has 4 aromatic heterocycles. The van der Waals surface area contributed by atoms with Crippen LogP contribution in [0.1, 0.15) is 11.4 Å². The highest BCUT2D eigenvalue weighted by Gasteiger charge is 2.13. The van der Waals surface area contributed by atoms with E-state index in [0.717, 1.165) is 37.4 Å². The van der Waals surface area contributed by atoms with Gasteiger partial charge < -0.3 is 0 Å². The molecule has 0 N–H and O–H groups in total. The van der Waals surface area contributed by atoms with E-state index in [1.165, 1.54) is 0 Å². The molecule has 0 aliphatic heterocycles. The molecule has 0 aromatic carbocycles. The number of thioether (sulfide) groups is 2. The molecule has 0 unspecified atom stereocenters. The molecule has 4 aromatic rings. The number of pyridine rings is 2. The van der Waals surface area contributed by atoms with Gasteiger partial charge in [0, 0.05) is 23.9 Å². The molecule has 0 bridgehead atoms. The van der Waals surface area contributed by atoms with Gasteiger partial charge in [-0.15, -0.1) is 15.3 Å². The largest absolute Gasteiger partial charge is 0.260 e. The molecule has 0 spiro atoms. The van der Waals surface area contributed by atoms with E-state index in [1.807, 2.05) is 36.4 Å². The zero-order chi connectivity index (χ0) is 16.2. The molecule has 9 heteroatoms. The van der Waals surface area contributed by atoms with Crippen LogP contribution in [0.15, 0.2) is 58.3 Å². The summed E-state index contributed by atoms with van der Waals surface area (Å²) in [5, 5.41) is 13.8. The lowest BCUT2D eigenvalue weighted by Crippen LogP contribution is -1.91. The standard InChI is InChI=1S/C15H12N6S3/c1-3-7-16-11(5-1)9-22-13-18-19-14-21(13)20-15(24-14)23-10-12-6-2-4-8-17-12/h1-8H,9-10H2. The Morgan fingerprint density at radius 3 is 2.25 bits per heavy atom. The van der Waals surface area contributed by atoms with Gasteiger partial charge in [0.2, 0.25) is 10.1 Å². The van der Waals surface area contributed by atoms with Crippen molar-refractivity contribution in [1.29, 1.82) is 0 Å². The van der Waals surface area contributed by atoms with E-state index in [4.69, 9.17) is 0 Å². The van der Waals surface area contributed by atoms with Crippen LogP contribution in [0.5, 0.6) is 0 Å². The molecule has 0 aliphatic carbocycles. The summed E-state index contributed by atoms with van der Waals surface area (Å²) >= 11 is 4.79. The van der Waals surface area contributed by atoms with Crippen molar-refractivity contribution in [3.8, 4) is 0 Å². The monoisotopic (exact) mass is 372 g/mol. The smallest absolute Gasteiger partial charge is 0.236 e. The fourth-order valence-corrected chi connectivity index (χ4v) is 4.62. The van der Waals surface area contributed by atoms with Crippen LogP contribution in [-0.2, 0) is 11.5 Å². The van der Waals surface area contributed by atoms with Crippen LogP contribution in [0.25, 0.3) is 4.96 Å². The molecule has 4 heterocycles. The number of hydrogen-bond acceptors (Lipinski definition) is 8. The number of nitrogens with zero attached hydrogens (tertiary/aromatic N) is 6. The third-order valence-electron chi connectivity index (χ3n) is 3.09. The summed E-state index contributed by atoms with van der Waals surface area (Å²) in [5.74, 6) is 1.54. The van der Waals surface area contributed by atoms with Crippen molar-refractivity contribution in [2.75, 3.05) is 0 Å². The van der Waals surface area contributed by atoms with Crippen molar-refractivity contribution in [3.63, 3.8) is 0 Å². The Balaban J connectivity index is 1.45. The van der Waals surface area contributed by atoms with E-state index < -0.39 is 0 Å². The Hall–Kier alpha value is -1.97. The van der Waals surface area contributed by atoms with Crippen LogP contribution in [0.2, 0.25) is 0 Å². The van der Waals surface area contributed by atoms with E-state index in [9.17, 15) is 0 Å². The van der Waals surface area contributed by atoms with Gasteiger partial charge in [-0.05, 0) is 24.3 Å². The normalized spacial score (nSPS) is 11.2. The van der Waals surface area contributed by atoms with Crippen LogP contribution in [0.4, 0.5) is 0 Å². The van der Waals surface area contributed by atoms with Gasteiger partial charge in [-0.1, -0.05) is 47.0 Å². The van der Waals surface area contributed by atoms with Gasteiger partial charge in [0.1, 0.15) is 0 Å². The lowest BCUT2D eigenvalue weighted by atomic mass is 10.4. The molecule has 0 saturated carbocycles. The first kappa shape index (κ1) is 15.6. The number of fused-ring (bicyclic) bond motifs is 1. The van der Waals surface area contributed by atoms with Crippen LogP contribution >= 0.6 is 34.9 Å². The van der Waals surface area contributed by atoms with Crippen LogP contribution in [0, 0.1) is 0 Å². The van der Waals surface area contributed by atoms with Crippen LogP contribution < -0.4 is 0 Å². The zero-order valence-electron chi connectivity index (χ0n) is 12.4. The second-order valence-corrected chi connectivity index (χ2v) is 7.89. The Bertz CT molecular complexity index is 922. The number of aromatic nitrogens is 6. The molecule has 0 fully saturated rings. The van der Waals surface area contributed by atoms with E-state index in [0.29, 0.717) is 0 Å². The van der Waals surface area contributed by atoms with E-state index in [-0.39, 0.29) is 0 Å². The van der Waals surface area contributed by atoms with Crippen molar-refractivity contribution in [2.24, 2.45) is 0 Å². The second-order valence-electron chi connectivity index (χ2n) is 4.76. The van der Waals surface area contributed by atoms with Gasteiger partial charge in [0.25, 0.3) is 0 Å². The molecule has 120 valence electrons. The first-order chi connectivity index (χ1) is 11.9. The average Bonchev–Trinajstić information content (AvgIpc) is 3.20. The zero-order valence-corrected chi connectivity index (χ0v) is 14.9. The minimum absolute atomic E-state index is 0.746. The molecular weight excluding hydrogens is 360 g/mol.